The zero-order valence-electron chi connectivity index (χ0n) is 20.3. The summed E-state index contributed by atoms with van der Waals surface area (Å²) in [6.45, 7) is -0.979. The van der Waals surface area contributed by atoms with Crippen LogP contribution in [0.5, 0.6) is 0 Å². The van der Waals surface area contributed by atoms with Crippen molar-refractivity contribution in [2.45, 2.75) is 31.7 Å². The number of halogens is 4. The van der Waals surface area contributed by atoms with Gasteiger partial charge in [-0.1, -0.05) is 11.6 Å². The van der Waals surface area contributed by atoms with Crippen LogP contribution >= 0.6 is 11.6 Å². The van der Waals surface area contributed by atoms with Crippen LogP contribution in [0.15, 0.2) is 48.9 Å². The lowest BCUT2D eigenvalue weighted by Gasteiger charge is -2.26. The van der Waals surface area contributed by atoms with Crippen molar-refractivity contribution in [3.05, 3.63) is 70.9 Å². The number of hydrogen-bond acceptors (Lipinski definition) is 7. The van der Waals surface area contributed by atoms with E-state index in [-0.39, 0.29) is 35.2 Å². The summed E-state index contributed by atoms with van der Waals surface area (Å²) in [4.78, 5) is 34.2. The van der Waals surface area contributed by atoms with E-state index in [1.807, 2.05) is 0 Å². The van der Waals surface area contributed by atoms with Gasteiger partial charge < -0.3 is 15.7 Å². The Hall–Kier alpha value is -4.04. The summed E-state index contributed by atoms with van der Waals surface area (Å²) in [7, 11) is 0. The van der Waals surface area contributed by atoms with E-state index in [4.69, 9.17) is 17.0 Å². The maximum Gasteiger partial charge on any atom is 0.416 e. The number of nitrogens with zero attached hydrogens (tertiary/aromatic N) is 5. The van der Waals surface area contributed by atoms with Crippen LogP contribution in [-0.2, 0) is 6.54 Å². The number of aromatic nitrogens is 4. The van der Waals surface area contributed by atoms with E-state index in [0.29, 0.717) is 22.4 Å². The van der Waals surface area contributed by atoms with Crippen molar-refractivity contribution in [2.24, 2.45) is 5.92 Å². The van der Waals surface area contributed by atoms with Gasteiger partial charge in [0.2, 0.25) is 0 Å². The second-order valence-electron chi connectivity index (χ2n) is 8.82. The van der Waals surface area contributed by atoms with Gasteiger partial charge in [0, 0.05) is 23.3 Å². The molecule has 1 atom stereocenters. The minimum atomic E-state index is -5.01. The molecule has 1 saturated carbocycles. The van der Waals surface area contributed by atoms with Crippen LogP contribution in [0.1, 0.15) is 34.6 Å². The number of carbonyl (C=O) groups excluding carboxylic acids is 2. The van der Waals surface area contributed by atoms with Crippen molar-refractivity contribution in [2.75, 3.05) is 13.1 Å². The fourth-order valence-electron chi connectivity index (χ4n) is 3.46. The molecule has 0 bridgehead atoms. The van der Waals surface area contributed by atoms with Gasteiger partial charge in [-0.2, -0.15) is 13.2 Å². The molecular formula is C24H24ClF3N8O3. The van der Waals surface area contributed by atoms with E-state index in [0.717, 1.165) is 12.8 Å². The zero-order valence-corrected chi connectivity index (χ0v) is 21.1. The summed E-state index contributed by atoms with van der Waals surface area (Å²) in [5.74, 6) is -0.159. The molecule has 3 amide bonds. The predicted molar refractivity (Wildman–Crippen MR) is 133 cm³/mol. The van der Waals surface area contributed by atoms with E-state index in [1.54, 1.807) is 12.1 Å². The summed E-state index contributed by atoms with van der Waals surface area (Å²) in [6.07, 6.45) is -2.99. The Morgan fingerprint density at radius 1 is 1.18 bits per heavy atom. The molecular weight excluding hydrogens is 541 g/mol. The summed E-state index contributed by atoms with van der Waals surface area (Å²) in [5, 5.41) is 27.6. The van der Waals surface area contributed by atoms with Crippen molar-refractivity contribution in [1.82, 2.24) is 35.3 Å². The molecule has 39 heavy (non-hydrogen) atoms. The van der Waals surface area contributed by atoms with E-state index < -0.39 is 30.7 Å². The van der Waals surface area contributed by atoms with E-state index in [1.165, 1.54) is 41.5 Å². The number of benzene rings is 1. The molecule has 4 N–H and O–H groups in total. The first-order chi connectivity index (χ1) is 18.5. The highest BCUT2D eigenvalue weighted by atomic mass is 35.5. The van der Waals surface area contributed by atoms with Gasteiger partial charge >= 0.3 is 12.2 Å². The van der Waals surface area contributed by atoms with E-state index in [2.05, 4.69) is 25.7 Å². The molecule has 1 fully saturated rings. The average Bonchev–Trinajstić information content (AvgIpc) is 3.63. The predicted octanol–water partition coefficient (Wildman–Crippen LogP) is 2.92. The molecule has 1 aliphatic carbocycles. The highest BCUT2D eigenvalue weighted by Gasteiger charge is 2.41. The number of nitrogens with one attached hydrogen (secondary N) is 3. The highest BCUT2D eigenvalue weighted by Crippen LogP contribution is 2.27. The van der Waals surface area contributed by atoms with Crippen LogP contribution in [0.4, 0.5) is 18.0 Å². The molecule has 1 aromatic carbocycles. The van der Waals surface area contributed by atoms with Gasteiger partial charge in [0.1, 0.15) is 12.2 Å². The van der Waals surface area contributed by atoms with E-state index in [9.17, 15) is 27.9 Å². The first-order valence-electron chi connectivity index (χ1n) is 11.8. The van der Waals surface area contributed by atoms with Crippen molar-refractivity contribution >= 4 is 29.4 Å². The summed E-state index contributed by atoms with van der Waals surface area (Å²) in [5.41, 5.74) is 0.372. The monoisotopic (exact) mass is 564 g/mol. The first kappa shape index (κ1) is 28.0. The molecule has 4 rings (SSSR count). The number of pyridine rings is 1. The van der Waals surface area contributed by atoms with Gasteiger partial charge in [-0.3, -0.25) is 15.1 Å². The molecule has 15 heteroatoms. The molecule has 0 spiro atoms. The maximum atomic E-state index is 13.0. The van der Waals surface area contributed by atoms with Crippen LogP contribution in [0.3, 0.4) is 0 Å². The number of hydrogen-bond donors (Lipinski definition) is 4. The quantitative estimate of drug-likeness (QED) is 0.232. The number of amidine groups is 1. The first-order valence-corrected chi connectivity index (χ1v) is 12.2. The van der Waals surface area contributed by atoms with Crippen LogP contribution in [0, 0.1) is 11.3 Å². The molecule has 1 aliphatic rings. The number of amides is 3. The van der Waals surface area contributed by atoms with Crippen molar-refractivity contribution in [3.63, 3.8) is 0 Å². The van der Waals surface area contributed by atoms with Gasteiger partial charge in [0.15, 0.2) is 17.7 Å². The zero-order chi connectivity index (χ0) is 28.2. The topological polar surface area (TPSA) is 149 Å². The maximum absolute atomic E-state index is 13.0. The molecule has 11 nitrogen and oxygen atoms in total. The highest BCUT2D eigenvalue weighted by molar-refractivity contribution is 6.30. The smallest absolute Gasteiger partial charge is 0.382 e. The minimum Gasteiger partial charge on any atom is -0.382 e. The fourth-order valence-corrected chi connectivity index (χ4v) is 3.58. The number of aliphatic hydroxyl groups excluding tert-OH is 1. The Bertz CT molecular complexity index is 1340. The number of aliphatic hydroxyl groups is 1. The van der Waals surface area contributed by atoms with Crippen LogP contribution in [0.25, 0.3) is 5.82 Å². The van der Waals surface area contributed by atoms with Crippen molar-refractivity contribution in [1.29, 1.82) is 5.41 Å². The van der Waals surface area contributed by atoms with Crippen LogP contribution < -0.4 is 10.6 Å². The molecule has 0 aliphatic heterocycles. The molecule has 206 valence electrons. The molecule has 0 unspecified atom stereocenters. The third-order valence-electron chi connectivity index (χ3n) is 5.80. The molecule has 2 heterocycles. The summed E-state index contributed by atoms with van der Waals surface area (Å²) < 4.78 is 40.3. The third-order valence-corrected chi connectivity index (χ3v) is 6.05. The Morgan fingerprint density at radius 2 is 1.90 bits per heavy atom. The third kappa shape index (κ3) is 7.29. The van der Waals surface area contributed by atoms with Crippen molar-refractivity contribution in [3.8, 4) is 5.82 Å². The van der Waals surface area contributed by atoms with Gasteiger partial charge in [0.05, 0.1) is 18.7 Å². The average molecular weight is 565 g/mol. The van der Waals surface area contributed by atoms with Gasteiger partial charge in [-0.15, -0.1) is 5.10 Å². The Labute approximate surface area is 225 Å². The Kier molecular flexibility index (Phi) is 8.45. The standard InChI is InChI=1S/C24H24ClF3N8O3/c25-16-7-5-15(6-8-16)20(29)35(12-18(37)24(26,27)28)23(39)32-11-19-33-13-36(34-19)21-17(2-1-9-30-21)22(38)31-10-14-3-4-14/h1-2,5-9,13-14,18,29,37H,3-4,10-12H2,(H,31,38)(H,32,39)/t18-/m0/s1. The molecule has 0 radical (unpaired) electrons. The minimum absolute atomic E-state index is 0.0627. The molecule has 2 aromatic heterocycles. The van der Waals surface area contributed by atoms with Gasteiger partial charge in [-0.25, -0.2) is 19.4 Å². The number of urea groups is 1. The lowest BCUT2D eigenvalue weighted by molar-refractivity contribution is -0.204. The lowest BCUT2D eigenvalue weighted by Crippen LogP contribution is -2.50. The van der Waals surface area contributed by atoms with Gasteiger partial charge in [-0.05, 0) is 55.2 Å². The number of carbonyl (C=O) groups is 2. The van der Waals surface area contributed by atoms with Crippen LogP contribution in [-0.4, -0.2) is 72.9 Å². The lowest BCUT2D eigenvalue weighted by atomic mass is 10.2. The fraction of sp³-hybridized carbons (Fsp3) is 0.333. The van der Waals surface area contributed by atoms with Crippen LogP contribution in [0.2, 0.25) is 5.02 Å². The number of rotatable bonds is 9. The Balaban J connectivity index is 1.46. The van der Waals surface area contributed by atoms with E-state index >= 15 is 0 Å². The molecule has 3 aromatic rings. The SMILES string of the molecule is N=C(c1ccc(Cl)cc1)N(C[C@H](O)C(F)(F)F)C(=O)NCc1ncn(-c2ncccc2C(=O)NCC2CC2)n1. The van der Waals surface area contributed by atoms with Crippen molar-refractivity contribution < 1.29 is 27.9 Å². The second kappa shape index (κ2) is 11.8. The Morgan fingerprint density at radius 3 is 2.56 bits per heavy atom. The largest absolute Gasteiger partial charge is 0.416 e. The summed E-state index contributed by atoms with van der Waals surface area (Å²) in [6, 6.07) is 7.64. The summed E-state index contributed by atoms with van der Waals surface area (Å²) >= 11 is 5.83. The molecule has 0 saturated heterocycles. The normalized spacial score (nSPS) is 14.0. The number of alkyl halides is 3. The second-order valence-corrected chi connectivity index (χ2v) is 9.25. The van der Waals surface area contributed by atoms with Gasteiger partial charge in [0.25, 0.3) is 5.91 Å².